The molecule has 0 bridgehead atoms. The van der Waals surface area contributed by atoms with E-state index in [0.717, 1.165) is 5.56 Å². The topological polar surface area (TPSA) is 26.0 Å². The molecule has 0 aliphatic heterocycles. The maximum atomic E-state index is 13.5. The molecule has 0 spiro atoms. The van der Waals surface area contributed by atoms with Gasteiger partial charge in [0.15, 0.2) is 0 Å². The summed E-state index contributed by atoms with van der Waals surface area (Å²) in [6.45, 7) is 4.13. The first-order chi connectivity index (χ1) is 8.99. The van der Waals surface area contributed by atoms with E-state index in [4.69, 9.17) is 5.73 Å². The molecule has 1 atom stereocenters. The van der Waals surface area contributed by atoms with Gasteiger partial charge in [0, 0.05) is 6.04 Å². The Bertz CT molecular complexity index is 595. The molecule has 0 amide bonds. The third-order valence-corrected chi connectivity index (χ3v) is 4.16. The molecule has 1 nitrogen and oxygen atoms in total. The second-order valence-electron chi connectivity index (χ2n) is 4.88. The van der Waals surface area contributed by atoms with Crippen molar-refractivity contribution in [3.8, 4) is 0 Å². The van der Waals surface area contributed by atoms with Crippen LogP contribution in [0.25, 0.3) is 0 Å². The van der Waals surface area contributed by atoms with E-state index in [2.05, 4.69) is 48.0 Å². The summed E-state index contributed by atoms with van der Waals surface area (Å²) in [4.78, 5) is 0. The maximum Gasteiger partial charge on any atom is 0.137 e. The lowest BCUT2D eigenvalue weighted by Crippen LogP contribution is -2.15. The molecule has 0 saturated heterocycles. The van der Waals surface area contributed by atoms with Crippen molar-refractivity contribution in [1.82, 2.24) is 0 Å². The molecule has 3 heteroatoms. The van der Waals surface area contributed by atoms with Gasteiger partial charge in [-0.1, -0.05) is 35.9 Å². The molecular weight excluding hydrogens is 305 g/mol. The number of aryl methyl sites for hydroxylation is 2. The van der Waals surface area contributed by atoms with E-state index in [1.807, 2.05) is 6.07 Å². The van der Waals surface area contributed by atoms with Crippen LogP contribution in [0.3, 0.4) is 0 Å². The van der Waals surface area contributed by atoms with Gasteiger partial charge in [-0.05, 0) is 59.0 Å². The van der Waals surface area contributed by atoms with Crippen LogP contribution in [-0.4, -0.2) is 0 Å². The average Bonchev–Trinajstić information content (AvgIpc) is 2.37. The second kappa shape index (κ2) is 5.85. The van der Waals surface area contributed by atoms with Gasteiger partial charge < -0.3 is 5.73 Å². The van der Waals surface area contributed by atoms with Gasteiger partial charge in [0.2, 0.25) is 0 Å². The molecule has 0 fully saturated rings. The van der Waals surface area contributed by atoms with Crippen LogP contribution < -0.4 is 5.73 Å². The molecule has 2 aromatic carbocycles. The van der Waals surface area contributed by atoms with Gasteiger partial charge in [-0.25, -0.2) is 4.39 Å². The Hall–Kier alpha value is -1.19. The smallest absolute Gasteiger partial charge is 0.137 e. The zero-order valence-corrected chi connectivity index (χ0v) is 12.7. The van der Waals surface area contributed by atoms with Crippen LogP contribution in [0.4, 0.5) is 4.39 Å². The molecule has 0 aromatic heterocycles. The summed E-state index contributed by atoms with van der Waals surface area (Å²) in [5.74, 6) is -0.270. The lowest BCUT2D eigenvalue weighted by Gasteiger charge is -2.16. The largest absolute Gasteiger partial charge is 0.324 e. The predicted octanol–water partition coefficient (Wildman–Crippen LogP) is 4.45. The van der Waals surface area contributed by atoms with Crippen LogP contribution in [0, 0.1) is 19.7 Å². The van der Waals surface area contributed by atoms with Crippen molar-refractivity contribution >= 4 is 15.9 Å². The van der Waals surface area contributed by atoms with Crippen molar-refractivity contribution in [1.29, 1.82) is 0 Å². The van der Waals surface area contributed by atoms with E-state index in [-0.39, 0.29) is 11.9 Å². The van der Waals surface area contributed by atoms with Gasteiger partial charge in [0.1, 0.15) is 5.82 Å². The molecule has 2 N–H and O–H groups in total. The van der Waals surface area contributed by atoms with Gasteiger partial charge in [0.05, 0.1) is 4.47 Å². The molecule has 0 aliphatic carbocycles. The Balaban J connectivity index is 2.28. The molecule has 2 aromatic rings. The van der Waals surface area contributed by atoms with Crippen LogP contribution >= 0.6 is 15.9 Å². The Kier molecular flexibility index (Phi) is 4.38. The minimum atomic E-state index is -0.270. The van der Waals surface area contributed by atoms with Gasteiger partial charge >= 0.3 is 0 Å². The summed E-state index contributed by atoms with van der Waals surface area (Å²) in [6.07, 6.45) is 0.704. The van der Waals surface area contributed by atoms with Gasteiger partial charge in [-0.2, -0.15) is 0 Å². The van der Waals surface area contributed by atoms with Crippen LogP contribution in [0.1, 0.15) is 28.3 Å². The van der Waals surface area contributed by atoms with Crippen LogP contribution in [-0.2, 0) is 6.42 Å². The van der Waals surface area contributed by atoms with Crippen molar-refractivity contribution < 1.29 is 4.39 Å². The predicted molar refractivity (Wildman–Crippen MR) is 80.6 cm³/mol. The van der Waals surface area contributed by atoms with Crippen LogP contribution in [0.5, 0.6) is 0 Å². The van der Waals surface area contributed by atoms with Crippen LogP contribution in [0.15, 0.2) is 40.9 Å². The molecule has 0 heterocycles. The Morgan fingerprint density at radius 1 is 1.21 bits per heavy atom. The SMILES string of the molecule is Cc1ccc(C)c(CC(N)c2cccc(F)c2Br)c1. The second-order valence-corrected chi connectivity index (χ2v) is 5.68. The van der Waals surface area contributed by atoms with E-state index < -0.39 is 0 Å². The normalized spacial score (nSPS) is 12.5. The summed E-state index contributed by atoms with van der Waals surface area (Å²) in [6, 6.07) is 11.1. The molecule has 100 valence electrons. The Morgan fingerprint density at radius 2 is 1.95 bits per heavy atom. The number of benzene rings is 2. The molecular formula is C16H17BrFN. The van der Waals surface area contributed by atoms with Gasteiger partial charge in [-0.3, -0.25) is 0 Å². The number of halogens is 2. The number of hydrogen-bond acceptors (Lipinski definition) is 1. The summed E-state index contributed by atoms with van der Waals surface area (Å²) in [7, 11) is 0. The highest BCUT2D eigenvalue weighted by Crippen LogP contribution is 2.27. The van der Waals surface area contributed by atoms with Crippen molar-refractivity contribution in [2.24, 2.45) is 5.73 Å². The first-order valence-corrected chi connectivity index (χ1v) is 7.04. The highest BCUT2D eigenvalue weighted by atomic mass is 79.9. The molecule has 0 saturated carbocycles. The standard InChI is InChI=1S/C16H17BrFN/c1-10-6-7-11(2)12(8-10)9-15(19)13-4-3-5-14(18)16(13)17/h3-8,15H,9,19H2,1-2H3. The van der Waals surface area contributed by atoms with E-state index in [1.54, 1.807) is 6.07 Å². The third-order valence-electron chi connectivity index (χ3n) is 3.33. The maximum absolute atomic E-state index is 13.5. The van der Waals surface area contributed by atoms with E-state index >= 15 is 0 Å². The summed E-state index contributed by atoms with van der Waals surface area (Å²) >= 11 is 3.27. The van der Waals surface area contributed by atoms with Crippen molar-refractivity contribution in [3.63, 3.8) is 0 Å². The highest BCUT2D eigenvalue weighted by Gasteiger charge is 2.14. The van der Waals surface area contributed by atoms with E-state index in [9.17, 15) is 4.39 Å². The Labute approximate surface area is 121 Å². The van der Waals surface area contributed by atoms with Gasteiger partial charge in [0.25, 0.3) is 0 Å². The first kappa shape index (κ1) is 14.2. The minimum Gasteiger partial charge on any atom is -0.324 e. The van der Waals surface area contributed by atoms with Crippen molar-refractivity contribution in [2.45, 2.75) is 26.3 Å². The van der Waals surface area contributed by atoms with Crippen molar-refractivity contribution in [2.75, 3.05) is 0 Å². The quantitative estimate of drug-likeness (QED) is 0.888. The fraction of sp³-hybridized carbons (Fsp3) is 0.250. The highest BCUT2D eigenvalue weighted by molar-refractivity contribution is 9.10. The fourth-order valence-electron chi connectivity index (χ4n) is 2.17. The summed E-state index contributed by atoms with van der Waals surface area (Å²) in [5, 5.41) is 0. The summed E-state index contributed by atoms with van der Waals surface area (Å²) in [5.41, 5.74) is 10.7. The zero-order valence-electron chi connectivity index (χ0n) is 11.1. The lowest BCUT2D eigenvalue weighted by molar-refractivity contribution is 0.610. The van der Waals surface area contributed by atoms with Crippen molar-refractivity contribution in [3.05, 3.63) is 68.9 Å². The molecule has 0 radical (unpaired) electrons. The molecule has 0 aliphatic rings. The van der Waals surface area contributed by atoms with Crippen LogP contribution in [0.2, 0.25) is 0 Å². The van der Waals surface area contributed by atoms with Gasteiger partial charge in [-0.15, -0.1) is 0 Å². The summed E-state index contributed by atoms with van der Waals surface area (Å²) < 4.78 is 14.0. The molecule has 19 heavy (non-hydrogen) atoms. The third kappa shape index (κ3) is 3.23. The average molecular weight is 322 g/mol. The number of nitrogens with two attached hydrogens (primary N) is 1. The fourth-order valence-corrected chi connectivity index (χ4v) is 2.73. The number of rotatable bonds is 3. The Morgan fingerprint density at radius 3 is 2.68 bits per heavy atom. The van der Waals surface area contributed by atoms with E-state index in [1.165, 1.54) is 22.8 Å². The minimum absolute atomic E-state index is 0.217. The molecule has 1 unspecified atom stereocenters. The zero-order chi connectivity index (χ0) is 14.0. The molecule has 2 rings (SSSR count). The van der Waals surface area contributed by atoms with E-state index in [0.29, 0.717) is 10.9 Å². The number of hydrogen-bond donors (Lipinski definition) is 1. The monoisotopic (exact) mass is 321 g/mol. The first-order valence-electron chi connectivity index (χ1n) is 6.24. The lowest BCUT2D eigenvalue weighted by atomic mass is 9.95.